The standard InChI is InChI=1S/C38H45N7O4/c1-21(2)18-32(46)44-16-6-8-30(44)36-40-28-15-12-25-19-23(10-13-26(25)34(28)42-36)24-11-14-27-29(20-24)41-35(39-27)31-9-7-17-45(31)37(47)33(22(3)4)43-38(48)49-5/h10-15,19-22,30-31,33H,6-9,16-18H2,1-5H3,(H,39,41)(H,40,42)(H,43,48). The molecule has 0 aliphatic carbocycles. The highest BCUT2D eigenvalue weighted by atomic mass is 16.5. The van der Waals surface area contributed by atoms with E-state index in [1.165, 1.54) is 7.11 Å². The predicted octanol–water partition coefficient (Wildman–Crippen LogP) is 7.01. The number of fused-ring (bicyclic) bond motifs is 4. The molecule has 256 valence electrons. The number of likely N-dealkylation sites (tertiary alicyclic amines) is 2. The second-order valence-corrected chi connectivity index (χ2v) is 14.3. The molecule has 3 unspecified atom stereocenters. The molecule has 2 saturated heterocycles. The molecule has 2 aliphatic heterocycles. The molecule has 2 aromatic heterocycles. The first-order valence-corrected chi connectivity index (χ1v) is 17.5. The average Bonchev–Trinajstić information content (AvgIpc) is 3.90. The van der Waals surface area contributed by atoms with E-state index in [1.54, 1.807) is 0 Å². The zero-order valence-electron chi connectivity index (χ0n) is 28.9. The molecule has 3 aromatic carbocycles. The zero-order valence-corrected chi connectivity index (χ0v) is 28.9. The molecule has 3 atom stereocenters. The van der Waals surface area contributed by atoms with Gasteiger partial charge in [-0.25, -0.2) is 14.8 Å². The van der Waals surface area contributed by atoms with Crippen LogP contribution < -0.4 is 5.32 Å². The fourth-order valence-corrected chi connectivity index (χ4v) is 7.53. The first kappa shape index (κ1) is 32.6. The molecule has 7 rings (SSSR count). The van der Waals surface area contributed by atoms with Crippen molar-refractivity contribution in [3.8, 4) is 11.1 Å². The normalized spacial score (nSPS) is 18.8. The number of hydrogen-bond acceptors (Lipinski definition) is 6. The molecule has 4 heterocycles. The smallest absolute Gasteiger partial charge is 0.407 e. The Hall–Kier alpha value is -4.93. The van der Waals surface area contributed by atoms with Crippen LogP contribution in [-0.2, 0) is 14.3 Å². The van der Waals surface area contributed by atoms with Gasteiger partial charge in [-0.15, -0.1) is 0 Å². The largest absolute Gasteiger partial charge is 0.453 e. The van der Waals surface area contributed by atoms with E-state index in [0.29, 0.717) is 18.9 Å². The Morgan fingerprint density at radius 1 is 0.857 bits per heavy atom. The molecule has 0 saturated carbocycles. The van der Waals surface area contributed by atoms with Crippen LogP contribution in [0.15, 0.2) is 48.5 Å². The highest BCUT2D eigenvalue weighted by molar-refractivity contribution is 6.05. The molecule has 0 radical (unpaired) electrons. The Morgan fingerprint density at radius 3 is 2.27 bits per heavy atom. The van der Waals surface area contributed by atoms with Gasteiger partial charge < -0.3 is 29.8 Å². The Kier molecular flexibility index (Phi) is 8.77. The fourth-order valence-electron chi connectivity index (χ4n) is 7.53. The number of nitrogens with zero attached hydrogens (tertiary/aromatic N) is 4. The third-order valence-corrected chi connectivity index (χ3v) is 10.0. The van der Waals surface area contributed by atoms with Crippen LogP contribution in [0.4, 0.5) is 4.79 Å². The van der Waals surface area contributed by atoms with Crippen LogP contribution in [0, 0.1) is 11.8 Å². The summed E-state index contributed by atoms with van der Waals surface area (Å²) in [5, 5.41) is 4.87. The number of hydrogen-bond donors (Lipinski definition) is 3. The molecule has 0 spiro atoms. The topological polar surface area (TPSA) is 136 Å². The maximum Gasteiger partial charge on any atom is 0.407 e. The number of amides is 3. The SMILES string of the molecule is COC(=O)NC(C(=O)N1CCCC1c1nc2ccc(-c3ccc4c(ccc5[nH]c(C6CCCN6C(=O)CC(C)C)nc54)c3)cc2[nH]1)C(C)C. The zero-order chi connectivity index (χ0) is 34.4. The number of rotatable bonds is 8. The second kappa shape index (κ2) is 13.2. The minimum atomic E-state index is -0.678. The lowest BCUT2D eigenvalue weighted by atomic mass is 10.0. The summed E-state index contributed by atoms with van der Waals surface area (Å²) in [5.74, 6) is 1.92. The maximum atomic E-state index is 13.6. The molecule has 3 N–H and O–H groups in total. The number of alkyl carbamates (subject to hydrolysis) is 1. The van der Waals surface area contributed by atoms with Gasteiger partial charge in [0.1, 0.15) is 17.7 Å². The average molecular weight is 664 g/mol. The molecule has 11 nitrogen and oxygen atoms in total. The summed E-state index contributed by atoms with van der Waals surface area (Å²) in [7, 11) is 1.30. The number of methoxy groups -OCH3 is 1. The summed E-state index contributed by atoms with van der Waals surface area (Å²) >= 11 is 0. The van der Waals surface area contributed by atoms with E-state index >= 15 is 0 Å². The van der Waals surface area contributed by atoms with Crippen LogP contribution in [0.1, 0.15) is 83.5 Å². The van der Waals surface area contributed by atoms with Gasteiger partial charge in [-0.05, 0) is 78.3 Å². The molecule has 5 aromatic rings. The second-order valence-electron chi connectivity index (χ2n) is 14.3. The summed E-state index contributed by atoms with van der Waals surface area (Å²) in [5.41, 5.74) is 5.77. The van der Waals surface area contributed by atoms with Gasteiger partial charge in [-0.3, -0.25) is 9.59 Å². The minimum absolute atomic E-state index is 0.0124. The lowest BCUT2D eigenvalue weighted by molar-refractivity contribution is -0.135. The van der Waals surface area contributed by atoms with Gasteiger partial charge in [0.05, 0.1) is 41.3 Å². The van der Waals surface area contributed by atoms with E-state index in [1.807, 2.05) is 29.7 Å². The third-order valence-electron chi connectivity index (χ3n) is 10.0. The number of carbonyl (C=O) groups is 3. The van der Waals surface area contributed by atoms with Crippen LogP contribution in [0.25, 0.3) is 44.0 Å². The minimum Gasteiger partial charge on any atom is -0.453 e. The number of H-pyrrole nitrogens is 2. The Labute approximate surface area is 285 Å². The van der Waals surface area contributed by atoms with Crippen molar-refractivity contribution < 1.29 is 19.1 Å². The molecule has 0 bridgehead atoms. The van der Waals surface area contributed by atoms with Crippen LogP contribution in [0.5, 0.6) is 0 Å². The lowest BCUT2D eigenvalue weighted by Crippen LogP contribution is -2.51. The van der Waals surface area contributed by atoms with Crippen molar-refractivity contribution >= 4 is 50.7 Å². The number of benzene rings is 3. The monoisotopic (exact) mass is 663 g/mol. The van der Waals surface area contributed by atoms with Gasteiger partial charge in [0, 0.05) is 24.9 Å². The summed E-state index contributed by atoms with van der Waals surface area (Å²) < 4.78 is 4.77. The van der Waals surface area contributed by atoms with Gasteiger partial charge in [0.25, 0.3) is 0 Å². The van der Waals surface area contributed by atoms with Crippen molar-refractivity contribution in [2.24, 2.45) is 11.8 Å². The van der Waals surface area contributed by atoms with Gasteiger partial charge in [-0.2, -0.15) is 0 Å². The molecule has 2 aliphatic rings. The molecule has 2 fully saturated rings. The Morgan fingerprint density at radius 2 is 1.53 bits per heavy atom. The summed E-state index contributed by atoms with van der Waals surface area (Å²) in [6.45, 7) is 9.38. The molecule has 49 heavy (non-hydrogen) atoms. The molecular weight excluding hydrogens is 618 g/mol. The fraction of sp³-hybridized carbons (Fsp3) is 0.447. The lowest BCUT2D eigenvalue weighted by Gasteiger charge is -2.29. The van der Waals surface area contributed by atoms with E-state index in [-0.39, 0.29) is 29.8 Å². The van der Waals surface area contributed by atoms with Gasteiger partial charge in [0.15, 0.2) is 0 Å². The van der Waals surface area contributed by atoms with Crippen molar-refractivity contribution in [1.82, 2.24) is 35.1 Å². The van der Waals surface area contributed by atoms with Crippen molar-refractivity contribution in [3.05, 3.63) is 60.2 Å². The quantitative estimate of drug-likeness (QED) is 0.163. The van der Waals surface area contributed by atoms with Crippen molar-refractivity contribution in [2.45, 2.75) is 77.9 Å². The Bertz CT molecular complexity index is 2050. The maximum absolute atomic E-state index is 13.6. The molecule has 3 amide bonds. The first-order valence-electron chi connectivity index (χ1n) is 17.5. The van der Waals surface area contributed by atoms with E-state index < -0.39 is 12.1 Å². The van der Waals surface area contributed by atoms with Gasteiger partial charge in [0.2, 0.25) is 11.8 Å². The number of imidazole rings is 2. The number of ether oxygens (including phenoxy) is 1. The van der Waals surface area contributed by atoms with Crippen molar-refractivity contribution in [3.63, 3.8) is 0 Å². The van der Waals surface area contributed by atoms with Crippen LogP contribution in [-0.4, -0.2) is 73.9 Å². The number of aromatic amines is 2. The Balaban J connectivity index is 1.14. The van der Waals surface area contributed by atoms with E-state index in [0.717, 1.165) is 87.8 Å². The number of carbonyl (C=O) groups excluding carboxylic acids is 3. The van der Waals surface area contributed by atoms with Gasteiger partial charge >= 0.3 is 6.09 Å². The molecule has 11 heteroatoms. The third kappa shape index (κ3) is 6.22. The highest BCUT2D eigenvalue weighted by Crippen LogP contribution is 2.36. The van der Waals surface area contributed by atoms with E-state index in [2.05, 4.69) is 71.6 Å². The van der Waals surface area contributed by atoms with Crippen LogP contribution in [0.2, 0.25) is 0 Å². The van der Waals surface area contributed by atoms with Crippen LogP contribution in [0.3, 0.4) is 0 Å². The number of aromatic nitrogens is 4. The molecular formula is C38H45N7O4. The van der Waals surface area contributed by atoms with Crippen molar-refractivity contribution in [1.29, 1.82) is 0 Å². The van der Waals surface area contributed by atoms with E-state index in [9.17, 15) is 14.4 Å². The van der Waals surface area contributed by atoms with Crippen LogP contribution >= 0.6 is 0 Å². The predicted molar refractivity (Wildman–Crippen MR) is 190 cm³/mol. The number of nitrogens with one attached hydrogen (secondary N) is 3. The highest BCUT2D eigenvalue weighted by Gasteiger charge is 2.38. The van der Waals surface area contributed by atoms with Crippen molar-refractivity contribution in [2.75, 3.05) is 20.2 Å². The van der Waals surface area contributed by atoms with E-state index in [4.69, 9.17) is 14.7 Å². The van der Waals surface area contributed by atoms with Gasteiger partial charge in [-0.1, -0.05) is 52.0 Å². The summed E-state index contributed by atoms with van der Waals surface area (Å²) in [4.78, 5) is 59.3. The summed E-state index contributed by atoms with van der Waals surface area (Å²) in [6.07, 6.45) is 3.51. The summed E-state index contributed by atoms with van der Waals surface area (Å²) in [6, 6.07) is 16.0. The first-order chi connectivity index (χ1) is 23.6.